The Morgan fingerprint density at radius 3 is 2.26 bits per heavy atom. The highest BCUT2D eigenvalue weighted by molar-refractivity contribution is 5.86. The number of aliphatic carboxylic acids is 1. The fourth-order valence-electron chi connectivity index (χ4n) is 4.76. The Hall–Kier alpha value is -3.79. The molecule has 2 aromatic rings. The van der Waals surface area contributed by atoms with E-state index in [1.165, 1.54) is 0 Å². The third-order valence-electron chi connectivity index (χ3n) is 6.48. The molecule has 2 aliphatic carbocycles. The molecule has 2 aromatic carbocycles. The third kappa shape index (κ3) is 5.23. The Kier molecular flexibility index (Phi) is 7.17. The van der Waals surface area contributed by atoms with E-state index in [-0.39, 0.29) is 43.2 Å². The molecule has 176 valence electrons. The normalized spacial score (nSPS) is 18.9. The first-order valence-electron chi connectivity index (χ1n) is 11.5. The minimum absolute atomic E-state index is 0.0676. The number of benzene rings is 2. The highest BCUT2D eigenvalue weighted by atomic mass is 16.5. The van der Waals surface area contributed by atoms with Gasteiger partial charge in [0.15, 0.2) is 0 Å². The van der Waals surface area contributed by atoms with E-state index in [9.17, 15) is 14.4 Å². The summed E-state index contributed by atoms with van der Waals surface area (Å²) in [5.41, 5.74) is 4.51. The van der Waals surface area contributed by atoms with Gasteiger partial charge in [0.1, 0.15) is 12.6 Å². The lowest BCUT2D eigenvalue weighted by Crippen LogP contribution is -2.53. The average molecular weight is 461 g/mol. The van der Waals surface area contributed by atoms with Gasteiger partial charge in [0.05, 0.1) is 0 Å². The number of hydrogen-bond acceptors (Lipinski definition) is 4. The van der Waals surface area contributed by atoms with E-state index in [2.05, 4.69) is 34.6 Å². The van der Waals surface area contributed by atoms with Crippen molar-refractivity contribution in [2.75, 3.05) is 6.61 Å². The lowest BCUT2D eigenvalue weighted by atomic mass is 9.78. The fraction of sp³-hybridized carbons (Fsp3) is 0.370. The van der Waals surface area contributed by atoms with E-state index in [0.29, 0.717) is 12.8 Å². The molecule has 0 bridgehead atoms. The number of fused-ring (bicyclic) bond motifs is 3. The van der Waals surface area contributed by atoms with Gasteiger partial charge in [0.2, 0.25) is 5.91 Å². The molecule has 1 fully saturated rings. The standard InChI is InChI=1S/C27H28N2O5/c1-2-3-12-24(26(32)28-18-13-17(14-18)15-25(30)31)29-27(33)34-16-23-21-10-6-4-8-19(21)20-9-5-7-11-22(20)23/h4-11,17-18,23-24H,12-16H2,1H3,(H,28,32)(H,29,33)(H,30,31). The van der Waals surface area contributed by atoms with Crippen LogP contribution in [0.5, 0.6) is 0 Å². The third-order valence-corrected chi connectivity index (χ3v) is 6.48. The minimum atomic E-state index is -0.846. The number of carboxylic acids is 1. The zero-order chi connectivity index (χ0) is 24.1. The molecule has 1 unspecified atom stereocenters. The minimum Gasteiger partial charge on any atom is -0.481 e. The van der Waals surface area contributed by atoms with Crippen molar-refractivity contribution in [1.29, 1.82) is 0 Å². The van der Waals surface area contributed by atoms with Gasteiger partial charge in [-0.05, 0) is 47.9 Å². The molecule has 0 radical (unpaired) electrons. The van der Waals surface area contributed by atoms with Gasteiger partial charge in [-0.2, -0.15) is 0 Å². The van der Waals surface area contributed by atoms with Gasteiger partial charge >= 0.3 is 12.1 Å². The largest absolute Gasteiger partial charge is 0.481 e. The van der Waals surface area contributed by atoms with Crippen LogP contribution in [0.15, 0.2) is 48.5 Å². The molecule has 7 heteroatoms. The molecule has 2 aliphatic rings. The van der Waals surface area contributed by atoms with Crippen molar-refractivity contribution < 1.29 is 24.2 Å². The summed E-state index contributed by atoms with van der Waals surface area (Å²) in [6.45, 7) is 1.83. The topological polar surface area (TPSA) is 105 Å². The van der Waals surface area contributed by atoms with E-state index in [0.717, 1.165) is 22.3 Å². The van der Waals surface area contributed by atoms with Crippen molar-refractivity contribution in [3.63, 3.8) is 0 Å². The van der Waals surface area contributed by atoms with Crippen LogP contribution >= 0.6 is 0 Å². The molecule has 0 aromatic heterocycles. The van der Waals surface area contributed by atoms with Gasteiger partial charge in [-0.3, -0.25) is 9.59 Å². The number of hydrogen-bond donors (Lipinski definition) is 3. The number of amides is 2. The highest BCUT2D eigenvalue weighted by Crippen LogP contribution is 2.44. The molecular weight excluding hydrogens is 432 g/mol. The number of carboxylic acid groups (broad SMARTS) is 1. The first kappa shape index (κ1) is 23.4. The van der Waals surface area contributed by atoms with Crippen LogP contribution in [0, 0.1) is 17.8 Å². The maximum absolute atomic E-state index is 12.7. The summed E-state index contributed by atoms with van der Waals surface area (Å²) in [4.78, 5) is 36.2. The molecule has 0 saturated heterocycles. The Morgan fingerprint density at radius 2 is 1.68 bits per heavy atom. The van der Waals surface area contributed by atoms with Gasteiger partial charge in [-0.1, -0.05) is 48.5 Å². The van der Waals surface area contributed by atoms with Crippen molar-refractivity contribution in [2.45, 2.75) is 50.6 Å². The highest BCUT2D eigenvalue weighted by Gasteiger charge is 2.34. The van der Waals surface area contributed by atoms with Gasteiger partial charge < -0.3 is 20.5 Å². The second-order valence-electron chi connectivity index (χ2n) is 8.79. The summed E-state index contributed by atoms with van der Waals surface area (Å²) in [6, 6.07) is 15.2. The molecule has 4 rings (SSSR count). The van der Waals surface area contributed by atoms with E-state index in [4.69, 9.17) is 9.84 Å². The Labute approximate surface area is 198 Å². The van der Waals surface area contributed by atoms with Gasteiger partial charge in [0, 0.05) is 24.8 Å². The van der Waals surface area contributed by atoms with Crippen LogP contribution in [0.4, 0.5) is 4.79 Å². The zero-order valence-electron chi connectivity index (χ0n) is 19.0. The van der Waals surface area contributed by atoms with Crippen LogP contribution in [-0.4, -0.2) is 41.8 Å². The summed E-state index contributed by atoms with van der Waals surface area (Å²) in [6.07, 6.45) is 0.842. The molecule has 0 heterocycles. The van der Waals surface area contributed by atoms with Crippen LogP contribution in [-0.2, 0) is 14.3 Å². The molecule has 7 nitrogen and oxygen atoms in total. The van der Waals surface area contributed by atoms with Crippen LogP contribution in [0.3, 0.4) is 0 Å². The van der Waals surface area contributed by atoms with Crippen LogP contribution in [0.1, 0.15) is 49.7 Å². The van der Waals surface area contributed by atoms with Crippen molar-refractivity contribution in [3.05, 3.63) is 59.7 Å². The molecule has 2 amide bonds. The van der Waals surface area contributed by atoms with Crippen molar-refractivity contribution in [2.24, 2.45) is 5.92 Å². The number of rotatable bonds is 8. The maximum Gasteiger partial charge on any atom is 0.407 e. The van der Waals surface area contributed by atoms with Crippen LogP contribution in [0.2, 0.25) is 0 Å². The summed E-state index contributed by atoms with van der Waals surface area (Å²) in [5.74, 6) is 4.43. The summed E-state index contributed by atoms with van der Waals surface area (Å²) in [7, 11) is 0. The van der Waals surface area contributed by atoms with Crippen LogP contribution < -0.4 is 10.6 Å². The second kappa shape index (κ2) is 10.4. The number of carbonyl (C=O) groups is 3. The molecule has 1 saturated carbocycles. The lowest BCUT2D eigenvalue weighted by Gasteiger charge is -2.35. The second-order valence-corrected chi connectivity index (χ2v) is 8.79. The van der Waals surface area contributed by atoms with E-state index < -0.39 is 18.1 Å². The smallest absolute Gasteiger partial charge is 0.407 e. The summed E-state index contributed by atoms with van der Waals surface area (Å²) < 4.78 is 5.56. The Morgan fingerprint density at radius 1 is 1.06 bits per heavy atom. The average Bonchev–Trinajstić information content (AvgIpc) is 3.12. The van der Waals surface area contributed by atoms with Crippen LogP contribution in [0.25, 0.3) is 11.1 Å². The molecule has 3 N–H and O–H groups in total. The lowest BCUT2D eigenvalue weighted by molar-refractivity contribution is -0.139. The predicted molar refractivity (Wildman–Crippen MR) is 127 cm³/mol. The number of ether oxygens (including phenoxy) is 1. The monoisotopic (exact) mass is 460 g/mol. The zero-order valence-corrected chi connectivity index (χ0v) is 19.0. The van der Waals surface area contributed by atoms with Crippen molar-refractivity contribution in [1.82, 2.24) is 10.6 Å². The number of alkyl carbamates (subject to hydrolysis) is 1. The fourth-order valence-corrected chi connectivity index (χ4v) is 4.76. The number of carbonyl (C=O) groups excluding carboxylic acids is 2. The van der Waals surface area contributed by atoms with E-state index in [1.807, 2.05) is 36.4 Å². The number of nitrogens with one attached hydrogen (secondary N) is 2. The Balaban J connectivity index is 1.34. The maximum atomic E-state index is 12.7. The quantitative estimate of drug-likeness (QED) is 0.522. The van der Waals surface area contributed by atoms with Crippen molar-refractivity contribution in [3.8, 4) is 23.0 Å². The van der Waals surface area contributed by atoms with Gasteiger partial charge in [0.25, 0.3) is 0 Å². The van der Waals surface area contributed by atoms with Gasteiger partial charge in [-0.15, -0.1) is 11.8 Å². The molecule has 1 atom stereocenters. The summed E-state index contributed by atoms with van der Waals surface area (Å²) >= 11 is 0. The molecule has 0 spiro atoms. The first-order valence-corrected chi connectivity index (χ1v) is 11.5. The molecular formula is C27H28N2O5. The Bertz CT molecular complexity index is 1100. The predicted octanol–water partition coefficient (Wildman–Crippen LogP) is 3.68. The molecule has 34 heavy (non-hydrogen) atoms. The summed E-state index contributed by atoms with van der Waals surface area (Å²) in [5, 5.41) is 14.4. The van der Waals surface area contributed by atoms with E-state index in [1.54, 1.807) is 6.92 Å². The van der Waals surface area contributed by atoms with E-state index >= 15 is 0 Å². The first-order chi connectivity index (χ1) is 16.5. The van der Waals surface area contributed by atoms with Crippen molar-refractivity contribution >= 4 is 18.0 Å². The SMILES string of the molecule is CC#CCC(NC(=O)OCC1c2ccccc2-c2ccccc21)C(=O)NC1CC(CC(=O)O)C1. The van der Waals surface area contributed by atoms with Gasteiger partial charge in [-0.25, -0.2) is 4.79 Å². The molecule has 0 aliphatic heterocycles.